The summed E-state index contributed by atoms with van der Waals surface area (Å²) in [6, 6.07) is 7.61. The molecule has 0 aliphatic heterocycles. The van der Waals surface area contributed by atoms with Crippen LogP contribution in [-0.4, -0.2) is 41.8 Å². The Kier molecular flexibility index (Phi) is 7.61. The van der Waals surface area contributed by atoms with Crippen molar-refractivity contribution < 1.29 is 35.8 Å². The monoisotopic (exact) mass is 528 g/mol. The minimum absolute atomic E-state index is 0.00507. The molecular formula is C24H24F4N2O5S. The van der Waals surface area contributed by atoms with Gasteiger partial charge in [-0.25, -0.2) is 12.8 Å². The molecule has 0 spiro atoms. The number of sulfone groups is 1. The van der Waals surface area contributed by atoms with Crippen molar-refractivity contribution in [3.05, 3.63) is 70.4 Å². The topological polar surface area (TPSA) is 98.5 Å². The molecule has 3 aromatic rings. The third-order valence-corrected chi connectivity index (χ3v) is 6.33. The van der Waals surface area contributed by atoms with Crippen molar-refractivity contribution in [3.8, 4) is 22.6 Å². The highest BCUT2D eigenvalue weighted by atomic mass is 32.2. The van der Waals surface area contributed by atoms with Crippen LogP contribution in [0.5, 0.6) is 5.75 Å². The molecule has 0 saturated carbocycles. The number of nitrogens with zero attached hydrogens (tertiary/aromatic N) is 2. The molecule has 0 aliphatic carbocycles. The van der Waals surface area contributed by atoms with Gasteiger partial charge in [-0.15, -0.1) is 0 Å². The Hall–Kier alpha value is -3.25. The Morgan fingerprint density at radius 1 is 1.08 bits per heavy atom. The maximum atomic E-state index is 13.7. The molecule has 36 heavy (non-hydrogen) atoms. The molecule has 2 aromatic carbocycles. The Labute approximate surface area is 204 Å². The van der Waals surface area contributed by atoms with Crippen molar-refractivity contribution in [1.29, 1.82) is 0 Å². The lowest BCUT2D eigenvalue weighted by atomic mass is 10.0. The number of alkyl halides is 3. The smallest absolute Gasteiger partial charge is 0.419 e. The third kappa shape index (κ3) is 6.49. The standard InChI is InChI=1S/C24H24F4N2O5S/c1-23(2,32)11-4-12-35-21-18(15-5-8-17(9-6-15)36(3,33)34)14-29-30(22(21)31)16-7-10-20(25)19(13-16)24(26,27)28/h5-10,13-14,32H,4,11-12H2,1-3H3. The van der Waals surface area contributed by atoms with Gasteiger partial charge in [0, 0.05) is 11.8 Å². The van der Waals surface area contributed by atoms with Crippen LogP contribution in [0.2, 0.25) is 0 Å². The lowest BCUT2D eigenvalue weighted by Crippen LogP contribution is -2.25. The number of hydrogen-bond donors (Lipinski definition) is 1. The molecule has 0 aliphatic rings. The summed E-state index contributed by atoms with van der Waals surface area (Å²) in [5.74, 6) is -1.74. The second-order valence-electron chi connectivity index (χ2n) is 8.83. The van der Waals surface area contributed by atoms with Gasteiger partial charge in [0.25, 0.3) is 0 Å². The van der Waals surface area contributed by atoms with E-state index in [1.807, 2.05) is 0 Å². The number of ether oxygens (including phenoxy) is 1. The maximum Gasteiger partial charge on any atom is 0.419 e. The quantitative estimate of drug-likeness (QED) is 0.344. The van der Waals surface area contributed by atoms with Crippen LogP contribution in [0.1, 0.15) is 32.3 Å². The SMILES string of the molecule is CC(C)(O)CCCOc1c(-c2ccc(S(C)(=O)=O)cc2)cnn(-c2ccc(F)c(C(F)(F)F)c2)c1=O. The summed E-state index contributed by atoms with van der Waals surface area (Å²) >= 11 is 0. The van der Waals surface area contributed by atoms with E-state index in [0.717, 1.165) is 12.3 Å². The molecule has 0 amide bonds. The molecule has 0 bridgehead atoms. The molecule has 7 nitrogen and oxygen atoms in total. The molecule has 0 saturated heterocycles. The van der Waals surface area contributed by atoms with Crippen molar-refractivity contribution >= 4 is 9.84 Å². The first-order valence-electron chi connectivity index (χ1n) is 10.7. The molecule has 1 N–H and O–H groups in total. The molecule has 1 heterocycles. The number of rotatable bonds is 8. The predicted octanol–water partition coefficient (Wildman–Crippen LogP) is 4.39. The molecule has 194 valence electrons. The Morgan fingerprint density at radius 2 is 1.72 bits per heavy atom. The van der Waals surface area contributed by atoms with Gasteiger partial charge >= 0.3 is 11.7 Å². The Bertz CT molecular complexity index is 1410. The zero-order chi connectivity index (χ0) is 26.9. The number of aromatic nitrogens is 2. The van der Waals surface area contributed by atoms with E-state index in [4.69, 9.17) is 4.74 Å². The van der Waals surface area contributed by atoms with Crippen molar-refractivity contribution in [2.45, 2.75) is 43.4 Å². The van der Waals surface area contributed by atoms with Gasteiger partial charge in [0.05, 0.1) is 34.6 Å². The normalized spacial score (nSPS) is 12.6. The fourth-order valence-electron chi connectivity index (χ4n) is 3.39. The molecule has 3 rings (SSSR count). The summed E-state index contributed by atoms with van der Waals surface area (Å²) in [5.41, 5.74) is -3.20. The van der Waals surface area contributed by atoms with Crippen LogP contribution in [-0.2, 0) is 16.0 Å². The highest BCUT2D eigenvalue weighted by Crippen LogP contribution is 2.33. The van der Waals surface area contributed by atoms with Gasteiger partial charge < -0.3 is 9.84 Å². The van der Waals surface area contributed by atoms with Gasteiger partial charge in [0.1, 0.15) is 5.82 Å². The average molecular weight is 529 g/mol. The summed E-state index contributed by atoms with van der Waals surface area (Å²) in [7, 11) is -3.47. The fourth-order valence-corrected chi connectivity index (χ4v) is 4.02. The van der Waals surface area contributed by atoms with E-state index in [1.165, 1.54) is 30.5 Å². The zero-order valence-electron chi connectivity index (χ0n) is 19.6. The van der Waals surface area contributed by atoms with Crippen LogP contribution in [0.3, 0.4) is 0 Å². The van der Waals surface area contributed by atoms with Gasteiger partial charge in [-0.1, -0.05) is 12.1 Å². The summed E-state index contributed by atoms with van der Waals surface area (Å²) < 4.78 is 83.2. The molecule has 0 radical (unpaired) electrons. The summed E-state index contributed by atoms with van der Waals surface area (Å²) in [5, 5.41) is 13.9. The van der Waals surface area contributed by atoms with Crippen molar-refractivity contribution in [2.24, 2.45) is 0 Å². The van der Waals surface area contributed by atoms with Crippen LogP contribution in [0, 0.1) is 5.82 Å². The largest absolute Gasteiger partial charge is 0.487 e. The third-order valence-electron chi connectivity index (χ3n) is 5.21. The second-order valence-corrected chi connectivity index (χ2v) is 10.8. The minimum Gasteiger partial charge on any atom is -0.487 e. The van der Waals surface area contributed by atoms with Crippen LogP contribution in [0.15, 0.2) is 58.4 Å². The van der Waals surface area contributed by atoms with Gasteiger partial charge in [-0.05, 0) is 62.6 Å². The van der Waals surface area contributed by atoms with E-state index in [0.29, 0.717) is 35.2 Å². The molecule has 0 atom stereocenters. The van der Waals surface area contributed by atoms with Crippen LogP contribution in [0.25, 0.3) is 16.8 Å². The highest BCUT2D eigenvalue weighted by Gasteiger charge is 2.34. The second kappa shape index (κ2) is 10.0. The maximum absolute atomic E-state index is 13.7. The zero-order valence-corrected chi connectivity index (χ0v) is 20.5. The molecule has 0 unspecified atom stereocenters. The Balaban J connectivity index is 2.10. The lowest BCUT2D eigenvalue weighted by molar-refractivity contribution is -0.140. The first-order chi connectivity index (χ1) is 16.6. The van der Waals surface area contributed by atoms with Gasteiger partial charge in [-0.3, -0.25) is 4.79 Å². The summed E-state index contributed by atoms with van der Waals surface area (Å²) in [4.78, 5) is 13.3. The van der Waals surface area contributed by atoms with Crippen LogP contribution < -0.4 is 10.3 Å². The highest BCUT2D eigenvalue weighted by molar-refractivity contribution is 7.90. The number of hydrogen-bond acceptors (Lipinski definition) is 6. The minimum atomic E-state index is -4.98. The van der Waals surface area contributed by atoms with Crippen molar-refractivity contribution in [3.63, 3.8) is 0 Å². The van der Waals surface area contributed by atoms with Gasteiger partial charge in [-0.2, -0.15) is 23.0 Å². The van der Waals surface area contributed by atoms with Gasteiger partial charge in [0.15, 0.2) is 15.6 Å². The lowest BCUT2D eigenvalue weighted by Gasteiger charge is -2.18. The molecule has 1 aromatic heterocycles. The number of aliphatic hydroxyl groups is 1. The van der Waals surface area contributed by atoms with E-state index in [2.05, 4.69) is 5.10 Å². The van der Waals surface area contributed by atoms with Crippen molar-refractivity contribution in [2.75, 3.05) is 12.9 Å². The first kappa shape index (κ1) is 27.3. The fraction of sp³-hybridized carbons (Fsp3) is 0.333. The van der Waals surface area contributed by atoms with E-state index in [9.17, 15) is 35.9 Å². The summed E-state index contributed by atoms with van der Waals surface area (Å²) in [6.07, 6.45) is -2.05. The molecule has 0 fully saturated rings. The van der Waals surface area contributed by atoms with Gasteiger partial charge in [0.2, 0.25) is 0 Å². The Morgan fingerprint density at radius 3 is 2.28 bits per heavy atom. The molecule has 12 heteroatoms. The van der Waals surface area contributed by atoms with E-state index in [-0.39, 0.29) is 28.5 Å². The predicted molar refractivity (Wildman–Crippen MR) is 124 cm³/mol. The van der Waals surface area contributed by atoms with E-state index >= 15 is 0 Å². The van der Waals surface area contributed by atoms with Crippen molar-refractivity contribution in [1.82, 2.24) is 9.78 Å². The van der Waals surface area contributed by atoms with E-state index < -0.39 is 38.6 Å². The molecular weight excluding hydrogens is 504 g/mol. The summed E-state index contributed by atoms with van der Waals surface area (Å²) in [6.45, 7) is 3.21. The van der Waals surface area contributed by atoms with Crippen LogP contribution >= 0.6 is 0 Å². The van der Waals surface area contributed by atoms with Crippen LogP contribution in [0.4, 0.5) is 17.6 Å². The number of benzene rings is 2. The average Bonchev–Trinajstić information content (AvgIpc) is 2.76. The first-order valence-corrected chi connectivity index (χ1v) is 12.6. The van der Waals surface area contributed by atoms with E-state index in [1.54, 1.807) is 13.8 Å². The number of halogens is 4.